The van der Waals surface area contributed by atoms with Crippen molar-refractivity contribution in [2.24, 2.45) is 5.92 Å². The van der Waals surface area contributed by atoms with Crippen LogP contribution in [-0.2, 0) is 6.54 Å². The lowest BCUT2D eigenvalue weighted by Crippen LogP contribution is -2.20. The number of hydrogen-bond acceptors (Lipinski definition) is 2. The van der Waals surface area contributed by atoms with Gasteiger partial charge in [0.1, 0.15) is 0 Å². The number of nitrogen functional groups attached to an aromatic ring is 1. The lowest BCUT2D eigenvalue weighted by atomic mass is 10.2. The van der Waals surface area contributed by atoms with Crippen LogP contribution in [0.4, 0.5) is 5.69 Å². The Morgan fingerprint density at radius 3 is 2.93 bits per heavy atom. The summed E-state index contributed by atoms with van der Waals surface area (Å²) in [4.78, 5) is 11.6. The van der Waals surface area contributed by atoms with Gasteiger partial charge in [0.05, 0.1) is 5.69 Å². The summed E-state index contributed by atoms with van der Waals surface area (Å²) < 4.78 is 1.73. The molecule has 15 heavy (non-hydrogen) atoms. The largest absolute Gasteiger partial charge is 0.397 e. The summed E-state index contributed by atoms with van der Waals surface area (Å²) in [5.41, 5.74) is 7.42. The fourth-order valence-electron chi connectivity index (χ4n) is 1.82. The average molecular weight is 206 g/mol. The topological polar surface area (TPSA) is 48.0 Å². The Balaban J connectivity index is 2.00. The predicted molar refractivity (Wildman–Crippen MR) is 61.8 cm³/mol. The van der Waals surface area contributed by atoms with Crippen molar-refractivity contribution < 1.29 is 0 Å². The van der Waals surface area contributed by atoms with E-state index in [1.54, 1.807) is 16.8 Å². The Morgan fingerprint density at radius 1 is 1.53 bits per heavy atom. The SMILES string of the molecule is Cc1cc(=O)n(CCCC2CC2)cc1N. The van der Waals surface area contributed by atoms with Gasteiger partial charge in [-0.25, -0.2) is 0 Å². The molecular weight excluding hydrogens is 188 g/mol. The molecule has 0 atom stereocenters. The van der Waals surface area contributed by atoms with Gasteiger partial charge in [0.2, 0.25) is 0 Å². The zero-order chi connectivity index (χ0) is 10.8. The van der Waals surface area contributed by atoms with Gasteiger partial charge in [0.25, 0.3) is 5.56 Å². The zero-order valence-electron chi connectivity index (χ0n) is 9.20. The fraction of sp³-hybridized carbons (Fsp3) is 0.583. The molecule has 1 aliphatic carbocycles. The third kappa shape index (κ3) is 2.61. The quantitative estimate of drug-likeness (QED) is 0.818. The summed E-state index contributed by atoms with van der Waals surface area (Å²) in [6.45, 7) is 2.67. The minimum Gasteiger partial charge on any atom is -0.397 e. The van der Waals surface area contributed by atoms with Crippen molar-refractivity contribution in [3.05, 3.63) is 28.2 Å². The van der Waals surface area contributed by atoms with Crippen LogP contribution in [0.2, 0.25) is 0 Å². The molecule has 1 aromatic rings. The molecule has 3 nitrogen and oxygen atoms in total. The summed E-state index contributed by atoms with van der Waals surface area (Å²) in [7, 11) is 0. The maximum absolute atomic E-state index is 11.6. The Morgan fingerprint density at radius 2 is 2.27 bits per heavy atom. The number of rotatable bonds is 4. The summed E-state index contributed by atoms with van der Waals surface area (Å²) in [5, 5.41) is 0. The molecule has 1 aliphatic rings. The van der Waals surface area contributed by atoms with Crippen LogP contribution in [-0.4, -0.2) is 4.57 Å². The number of aromatic nitrogens is 1. The van der Waals surface area contributed by atoms with Crippen LogP contribution in [0.3, 0.4) is 0 Å². The lowest BCUT2D eigenvalue weighted by Gasteiger charge is -2.07. The monoisotopic (exact) mass is 206 g/mol. The summed E-state index contributed by atoms with van der Waals surface area (Å²) in [6, 6.07) is 1.62. The second-order valence-electron chi connectivity index (χ2n) is 4.53. The molecule has 1 heterocycles. The first-order valence-corrected chi connectivity index (χ1v) is 5.63. The van der Waals surface area contributed by atoms with Crippen LogP contribution in [0.5, 0.6) is 0 Å². The normalized spacial score (nSPS) is 15.5. The number of anilines is 1. The van der Waals surface area contributed by atoms with Gasteiger partial charge in [-0.05, 0) is 31.2 Å². The Bertz CT molecular complexity index is 405. The van der Waals surface area contributed by atoms with E-state index in [2.05, 4.69) is 0 Å². The van der Waals surface area contributed by atoms with Crippen LogP contribution in [0.1, 0.15) is 31.2 Å². The maximum atomic E-state index is 11.6. The molecule has 1 saturated carbocycles. The van der Waals surface area contributed by atoms with Gasteiger partial charge in [-0.1, -0.05) is 12.8 Å². The molecule has 0 saturated heterocycles. The Labute approximate surface area is 89.9 Å². The van der Waals surface area contributed by atoms with Gasteiger partial charge in [0, 0.05) is 18.8 Å². The molecule has 2 rings (SSSR count). The minimum atomic E-state index is 0.0671. The maximum Gasteiger partial charge on any atom is 0.250 e. The first-order valence-electron chi connectivity index (χ1n) is 5.63. The van der Waals surface area contributed by atoms with E-state index >= 15 is 0 Å². The van der Waals surface area contributed by atoms with Crippen molar-refractivity contribution in [3.63, 3.8) is 0 Å². The smallest absolute Gasteiger partial charge is 0.250 e. The molecule has 82 valence electrons. The molecule has 2 N–H and O–H groups in total. The number of nitrogens with two attached hydrogens (primary N) is 1. The highest BCUT2D eigenvalue weighted by atomic mass is 16.1. The van der Waals surface area contributed by atoms with Crippen molar-refractivity contribution in [2.75, 3.05) is 5.73 Å². The molecule has 1 aromatic heterocycles. The fourth-order valence-corrected chi connectivity index (χ4v) is 1.82. The molecule has 0 unspecified atom stereocenters. The number of aryl methyl sites for hydroxylation is 2. The van der Waals surface area contributed by atoms with Gasteiger partial charge in [-0.15, -0.1) is 0 Å². The first-order chi connectivity index (χ1) is 7.16. The van der Waals surface area contributed by atoms with E-state index in [1.807, 2.05) is 6.92 Å². The molecule has 0 bridgehead atoms. The van der Waals surface area contributed by atoms with E-state index in [4.69, 9.17) is 5.73 Å². The molecular formula is C12H18N2O. The molecule has 0 amide bonds. The first kappa shape index (κ1) is 10.3. The van der Waals surface area contributed by atoms with Gasteiger partial charge < -0.3 is 10.3 Å². The third-order valence-corrected chi connectivity index (χ3v) is 3.08. The number of hydrogen-bond donors (Lipinski definition) is 1. The molecule has 3 heteroatoms. The second kappa shape index (κ2) is 4.09. The summed E-state index contributed by atoms with van der Waals surface area (Å²) >= 11 is 0. The minimum absolute atomic E-state index is 0.0671. The highest BCUT2D eigenvalue weighted by Crippen LogP contribution is 2.33. The van der Waals surface area contributed by atoms with E-state index in [1.165, 1.54) is 19.3 Å². The molecule has 1 fully saturated rings. The predicted octanol–water partition coefficient (Wildman–Crippen LogP) is 1.93. The average Bonchev–Trinajstić information content (AvgIpc) is 2.97. The molecule has 0 aromatic carbocycles. The van der Waals surface area contributed by atoms with Gasteiger partial charge in [0.15, 0.2) is 0 Å². The van der Waals surface area contributed by atoms with Gasteiger partial charge in [-0.2, -0.15) is 0 Å². The van der Waals surface area contributed by atoms with Gasteiger partial charge >= 0.3 is 0 Å². The van der Waals surface area contributed by atoms with Crippen LogP contribution in [0, 0.1) is 12.8 Å². The van der Waals surface area contributed by atoms with Gasteiger partial charge in [-0.3, -0.25) is 4.79 Å². The van der Waals surface area contributed by atoms with Crippen LogP contribution >= 0.6 is 0 Å². The van der Waals surface area contributed by atoms with E-state index < -0.39 is 0 Å². The van der Waals surface area contributed by atoms with Crippen LogP contribution in [0.25, 0.3) is 0 Å². The van der Waals surface area contributed by atoms with E-state index in [0.29, 0.717) is 5.69 Å². The van der Waals surface area contributed by atoms with Crippen LogP contribution in [0.15, 0.2) is 17.1 Å². The molecule has 0 radical (unpaired) electrons. The van der Waals surface area contributed by atoms with Crippen LogP contribution < -0.4 is 11.3 Å². The lowest BCUT2D eigenvalue weighted by molar-refractivity contribution is 0.565. The molecule has 0 spiro atoms. The Kier molecular flexibility index (Phi) is 2.80. The zero-order valence-corrected chi connectivity index (χ0v) is 9.20. The number of pyridine rings is 1. The third-order valence-electron chi connectivity index (χ3n) is 3.08. The van der Waals surface area contributed by atoms with Crippen molar-refractivity contribution in [1.29, 1.82) is 0 Å². The number of nitrogens with zero attached hydrogens (tertiary/aromatic N) is 1. The van der Waals surface area contributed by atoms with Crippen molar-refractivity contribution in [3.8, 4) is 0 Å². The van der Waals surface area contributed by atoms with Crippen molar-refractivity contribution in [2.45, 2.75) is 39.2 Å². The highest BCUT2D eigenvalue weighted by Gasteiger charge is 2.20. The summed E-state index contributed by atoms with van der Waals surface area (Å²) in [5.74, 6) is 0.934. The standard InChI is InChI=1S/C12H18N2O/c1-9-7-12(15)14(8-11(9)13)6-2-3-10-4-5-10/h7-8,10H,2-6,13H2,1H3. The second-order valence-corrected chi connectivity index (χ2v) is 4.53. The van der Waals surface area contributed by atoms with E-state index in [9.17, 15) is 4.79 Å². The van der Waals surface area contributed by atoms with Crippen molar-refractivity contribution in [1.82, 2.24) is 4.57 Å². The summed E-state index contributed by atoms with van der Waals surface area (Å²) in [6.07, 6.45) is 6.87. The molecule has 0 aliphatic heterocycles. The van der Waals surface area contributed by atoms with E-state index in [0.717, 1.165) is 24.4 Å². The van der Waals surface area contributed by atoms with Crippen molar-refractivity contribution >= 4 is 5.69 Å². The van der Waals surface area contributed by atoms with E-state index in [-0.39, 0.29) is 5.56 Å². The Hall–Kier alpha value is -1.25. The highest BCUT2D eigenvalue weighted by molar-refractivity contribution is 5.42.